The topological polar surface area (TPSA) is 85.9 Å². The summed E-state index contributed by atoms with van der Waals surface area (Å²) in [6.07, 6.45) is -9.66. The van der Waals surface area contributed by atoms with Crippen molar-refractivity contribution in [3.8, 4) is 6.07 Å². The van der Waals surface area contributed by atoms with Gasteiger partial charge in [0.2, 0.25) is 0 Å². The lowest BCUT2D eigenvalue weighted by molar-refractivity contribution is -0.137. The van der Waals surface area contributed by atoms with Crippen molar-refractivity contribution in [1.82, 2.24) is 10.1 Å². The molecule has 0 aliphatic rings. The first kappa shape index (κ1) is 18.4. The number of halogens is 6. The number of anilines is 1. The fourth-order valence-corrected chi connectivity index (χ4v) is 2.03. The van der Waals surface area contributed by atoms with Crippen LogP contribution in [0.5, 0.6) is 0 Å². The van der Waals surface area contributed by atoms with Gasteiger partial charge in [-0.1, -0.05) is 5.16 Å². The molecule has 25 heavy (non-hydrogen) atoms. The molecule has 0 spiro atoms. The van der Waals surface area contributed by atoms with Gasteiger partial charge in [0.15, 0.2) is 5.82 Å². The van der Waals surface area contributed by atoms with Crippen molar-refractivity contribution in [2.75, 3.05) is 11.4 Å². The molecule has 0 saturated heterocycles. The van der Waals surface area contributed by atoms with Crippen LogP contribution in [0.1, 0.15) is 17.0 Å². The molecule has 2 aromatic rings. The lowest BCUT2D eigenvalue weighted by atomic mass is 10.1. The van der Waals surface area contributed by atoms with Crippen LogP contribution in [0.25, 0.3) is 0 Å². The van der Waals surface area contributed by atoms with Gasteiger partial charge in [0.25, 0.3) is 0 Å². The summed E-state index contributed by atoms with van der Waals surface area (Å²) >= 11 is 0. The summed E-state index contributed by atoms with van der Waals surface area (Å²) in [6, 6.07) is 3.48. The molecule has 0 aliphatic carbocycles. The van der Waals surface area contributed by atoms with Gasteiger partial charge in [0.1, 0.15) is 6.54 Å². The maximum Gasteiger partial charge on any atom is 0.438 e. The molecule has 2 rings (SSSR count). The molecule has 0 fully saturated rings. The van der Waals surface area contributed by atoms with Gasteiger partial charge in [-0.2, -0.15) is 31.6 Å². The largest absolute Gasteiger partial charge is 0.438 e. The van der Waals surface area contributed by atoms with E-state index in [0.717, 1.165) is 12.1 Å². The monoisotopic (exact) mass is 366 g/mol. The Bertz CT molecular complexity index is 846. The van der Waals surface area contributed by atoms with E-state index in [1.54, 1.807) is 0 Å². The van der Waals surface area contributed by atoms with E-state index in [4.69, 9.17) is 5.26 Å². The molecule has 0 bridgehead atoms. The Kier molecular flexibility index (Phi) is 4.78. The Balaban J connectivity index is 2.46. The molecule has 0 aliphatic heterocycles. The predicted octanol–water partition coefficient (Wildman–Crippen LogP) is 2.82. The van der Waals surface area contributed by atoms with Gasteiger partial charge in [-0.15, -0.1) is 0 Å². The first-order valence-corrected chi connectivity index (χ1v) is 6.47. The highest BCUT2D eigenvalue weighted by molar-refractivity contribution is 5.55. The van der Waals surface area contributed by atoms with Gasteiger partial charge in [0.05, 0.1) is 23.7 Å². The molecule has 1 heterocycles. The van der Waals surface area contributed by atoms with Crippen LogP contribution in [0.15, 0.2) is 27.5 Å². The normalized spacial score (nSPS) is 12.0. The minimum absolute atomic E-state index is 0.299. The molecule has 1 aromatic carbocycles. The van der Waals surface area contributed by atoms with E-state index >= 15 is 0 Å². The number of hydrogen-bond acceptors (Lipinski definition) is 5. The minimum Gasteiger partial charge on any atom is -0.355 e. The zero-order valence-electron chi connectivity index (χ0n) is 12.1. The van der Waals surface area contributed by atoms with E-state index in [-0.39, 0.29) is 5.82 Å². The molecule has 134 valence electrons. The van der Waals surface area contributed by atoms with Gasteiger partial charge < -0.3 is 4.90 Å². The van der Waals surface area contributed by atoms with E-state index in [9.17, 15) is 31.1 Å². The number of hydrogen-bond donors (Lipinski definition) is 1. The highest BCUT2D eigenvalue weighted by Crippen LogP contribution is 2.35. The summed E-state index contributed by atoms with van der Waals surface area (Å²) in [5.41, 5.74) is -2.54. The number of nitrogens with one attached hydrogen (secondary N) is 1. The summed E-state index contributed by atoms with van der Waals surface area (Å²) in [6.45, 7) is -2.26. The Hall–Kier alpha value is -2.97. The summed E-state index contributed by atoms with van der Waals surface area (Å²) in [5, 5.41) is 11.9. The number of H-pyrrole nitrogens is 1. The number of rotatable bonds is 4. The molecule has 0 saturated carbocycles. The van der Waals surface area contributed by atoms with Crippen LogP contribution in [0.4, 0.5) is 32.0 Å². The maximum atomic E-state index is 13.0. The van der Waals surface area contributed by atoms with Gasteiger partial charge in [-0.05, 0) is 18.2 Å². The number of aromatic nitrogens is 2. The van der Waals surface area contributed by atoms with Gasteiger partial charge in [-0.25, -0.2) is 4.79 Å². The van der Waals surface area contributed by atoms with Gasteiger partial charge in [0, 0.05) is 5.69 Å². The minimum atomic E-state index is -4.92. The van der Waals surface area contributed by atoms with E-state index < -0.39 is 48.0 Å². The molecule has 1 N–H and O–H groups in total. The van der Waals surface area contributed by atoms with E-state index in [2.05, 4.69) is 9.68 Å². The Morgan fingerprint density at radius 1 is 1.24 bits per heavy atom. The Labute approximate surface area is 135 Å². The number of aromatic amines is 1. The van der Waals surface area contributed by atoms with Crippen LogP contribution in [0.3, 0.4) is 0 Å². The summed E-state index contributed by atoms with van der Waals surface area (Å²) < 4.78 is 81.3. The highest BCUT2D eigenvalue weighted by Gasteiger charge is 2.36. The van der Waals surface area contributed by atoms with Crippen LogP contribution in [-0.4, -0.2) is 22.9 Å². The fraction of sp³-hybridized carbons (Fsp3) is 0.308. The number of nitrogens with zero attached hydrogens (tertiary/aromatic N) is 3. The third-order valence-electron chi connectivity index (χ3n) is 2.99. The van der Waals surface area contributed by atoms with E-state index in [1.165, 1.54) is 6.07 Å². The molecule has 12 heteroatoms. The molecule has 1 aromatic heterocycles. The average molecular weight is 366 g/mol. The van der Waals surface area contributed by atoms with Crippen molar-refractivity contribution in [3.05, 3.63) is 45.7 Å². The van der Waals surface area contributed by atoms with Crippen LogP contribution in [0.2, 0.25) is 0 Å². The SMILES string of the molecule is N#Cc1ccc(N(Cc2noc(=O)[nH]2)CC(F)(F)F)cc1C(F)(F)F. The molecule has 0 amide bonds. The molecule has 0 unspecified atom stereocenters. The molecule has 6 nitrogen and oxygen atoms in total. The molecular weight excluding hydrogens is 358 g/mol. The first-order valence-electron chi connectivity index (χ1n) is 6.47. The highest BCUT2D eigenvalue weighted by atomic mass is 19.4. The number of alkyl halides is 6. The second kappa shape index (κ2) is 6.50. The van der Waals surface area contributed by atoms with Crippen LogP contribution in [-0.2, 0) is 12.7 Å². The van der Waals surface area contributed by atoms with E-state index in [1.807, 2.05) is 4.98 Å². The predicted molar refractivity (Wildman–Crippen MR) is 70.4 cm³/mol. The standard InChI is InChI=1S/C13H8F6N4O2/c14-12(15,16)6-23(5-10-21-11(24)25-22-10)8-2-1-7(4-20)9(3-8)13(17,18)19/h1-3H,5-6H2,(H,21,22,24). The molecule has 0 atom stereocenters. The smallest absolute Gasteiger partial charge is 0.355 e. The van der Waals surface area contributed by atoms with Crippen LogP contribution >= 0.6 is 0 Å². The van der Waals surface area contributed by atoms with Crippen molar-refractivity contribution in [2.24, 2.45) is 0 Å². The quantitative estimate of drug-likeness (QED) is 0.841. The van der Waals surface area contributed by atoms with Crippen molar-refractivity contribution < 1.29 is 30.9 Å². The molecule has 0 radical (unpaired) electrons. The third-order valence-corrected chi connectivity index (χ3v) is 2.99. The van der Waals surface area contributed by atoms with Crippen molar-refractivity contribution in [1.29, 1.82) is 5.26 Å². The second-order valence-electron chi connectivity index (χ2n) is 4.85. The first-order chi connectivity index (χ1) is 11.5. The molecular formula is C13H8F6N4O2. The summed E-state index contributed by atoms with van der Waals surface area (Å²) in [4.78, 5) is 13.4. The van der Waals surface area contributed by atoms with Crippen molar-refractivity contribution >= 4 is 5.69 Å². The zero-order chi connectivity index (χ0) is 18.8. The Morgan fingerprint density at radius 3 is 2.40 bits per heavy atom. The number of nitriles is 1. The lowest BCUT2D eigenvalue weighted by Crippen LogP contribution is -2.34. The second-order valence-corrected chi connectivity index (χ2v) is 4.85. The van der Waals surface area contributed by atoms with Crippen molar-refractivity contribution in [2.45, 2.75) is 18.9 Å². The third kappa shape index (κ3) is 4.75. The Morgan fingerprint density at radius 2 is 1.92 bits per heavy atom. The van der Waals surface area contributed by atoms with Gasteiger partial charge in [-0.3, -0.25) is 9.51 Å². The summed E-state index contributed by atoms with van der Waals surface area (Å²) in [5.74, 6) is -1.31. The van der Waals surface area contributed by atoms with E-state index in [0.29, 0.717) is 11.0 Å². The fourth-order valence-electron chi connectivity index (χ4n) is 2.03. The number of benzene rings is 1. The maximum absolute atomic E-state index is 13.0. The average Bonchev–Trinajstić information content (AvgIpc) is 2.89. The lowest BCUT2D eigenvalue weighted by Gasteiger charge is -2.25. The van der Waals surface area contributed by atoms with Crippen molar-refractivity contribution in [3.63, 3.8) is 0 Å². The van der Waals surface area contributed by atoms with Crippen LogP contribution < -0.4 is 10.7 Å². The summed E-state index contributed by atoms with van der Waals surface area (Å²) in [7, 11) is 0. The van der Waals surface area contributed by atoms with Gasteiger partial charge >= 0.3 is 18.1 Å². The zero-order valence-corrected chi connectivity index (χ0v) is 12.1. The van der Waals surface area contributed by atoms with Crippen LogP contribution in [0, 0.1) is 11.3 Å².